The first kappa shape index (κ1) is 9.66. The van der Waals surface area contributed by atoms with Crippen LogP contribution in [0.3, 0.4) is 0 Å². The SMILES string of the molecule is CN(C(F)(F)F)S(N)(=O)=O. The molecule has 0 unspecified atom stereocenters. The standard InChI is InChI=1S/C2H5F3N2O2S/c1-7(2(3,4)5)10(6,8)9/h1H3,(H2,6,8,9). The van der Waals surface area contributed by atoms with Gasteiger partial charge in [-0.1, -0.05) is 4.31 Å². The monoisotopic (exact) mass is 178 g/mol. The molecule has 0 saturated carbocycles. The van der Waals surface area contributed by atoms with Gasteiger partial charge in [-0.3, -0.25) is 0 Å². The van der Waals surface area contributed by atoms with E-state index in [4.69, 9.17) is 0 Å². The van der Waals surface area contributed by atoms with Gasteiger partial charge in [0, 0.05) is 7.05 Å². The summed E-state index contributed by atoms with van der Waals surface area (Å²) < 4.78 is 53.3. The van der Waals surface area contributed by atoms with E-state index < -0.39 is 20.8 Å². The molecule has 0 aliphatic rings. The lowest BCUT2D eigenvalue weighted by Gasteiger charge is -2.15. The zero-order valence-corrected chi connectivity index (χ0v) is 5.70. The molecule has 0 fully saturated rings. The predicted molar refractivity (Wildman–Crippen MR) is 26.9 cm³/mol. The minimum atomic E-state index is -4.94. The Kier molecular flexibility index (Phi) is 2.28. The van der Waals surface area contributed by atoms with Crippen LogP contribution in [0.25, 0.3) is 0 Å². The molecule has 0 amide bonds. The molecule has 0 aromatic rings. The molecule has 2 N–H and O–H groups in total. The maximum Gasteiger partial charge on any atom is 0.474 e. The van der Waals surface area contributed by atoms with Gasteiger partial charge in [0.15, 0.2) is 0 Å². The molecule has 0 bridgehead atoms. The molecule has 8 heteroatoms. The minimum absolute atomic E-state index is 0.329. The van der Waals surface area contributed by atoms with Crippen molar-refractivity contribution in [2.45, 2.75) is 6.30 Å². The molecule has 0 heterocycles. The third-order valence-corrected chi connectivity index (χ3v) is 1.71. The van der Waals surface area contributed by atoms with E-state index in [0.29, 0.717) is 7.05 Å². The first-order valence-electron chi connectivity index (χ1n) is 1.99. The van der Waals surface area contributed by atoms with Crippen LogP contribution in [0, 0.1) is 0 Å². The Morgan fingerprint density at radius 1 is 1.40 bits per heavy atom. The summed E-state index contributed by atoms with van der Waals surface area (Å²) in [4.78, 5) is 0. The van der Waals surface area contributed by atoms with Gasteiger partial charge in [-0.15, -0.1) is 0 Å². The van der Waals surface area contributed by atoms with Gasteiger partial charge in [-0.2, -0.15) is 21.6 Å². The van der Waals surface area contributed by atoms with E-state index in [1.54, 1.807) is 0 Å². The second kappa shape index (κ2) is 2.36. The number of nitrogens with zero attached hydrogens (tertiary/aromatic N) is 1. The average Bonchev–Trinajstić information content (AvgIpc) is 1.59. The highest BCUT2D eigenvalue weighted by molar-refractivity contribution is 7.86. The van der Waals surface area contributed by atoms with E-state index in [0.717, 1.165) is 0 Å². The predicted octanol–water partition coefficient (Wildman–Crippen LogP) is -0.358. The number of hydrogen-bond acceptors (Lipinski definition) is 2. The molecule has 0 aliphatic carbocycles. The number of alkyl halides is 3. The molecule has 0 saturated heterocycles. The molecule has 10 heavy (non-hydrogen) atoms. The Morgan fingerprint density at radius 2 is 1.70 bits per heavy atom. The minimum Gasteiger partial charge on any atom is -0.215 e. The summed E-state index contributed by atoms with van der Waals surface area (Å²) in [5.74, 6) is 0. The van der Waals surface area contributed by atoms with Crippen LogP contribution in [0.15, 0.2) is 0 Å². The van der Waals surface area contributed by atoms with Crippen molar-refractivity contribution < 1.29 is 21.6 Å². The Balaban J connectivity index is 4.56. The summed E-state index contributed by atoms with van der Waals surface area (Å²) in [6, 6.07) is 0. The molecule has 0 aliphatic heterocycles. The molecule has 4 nitrogen and oxygen atoms in total. The van der Waals surface area contributed by atoms with E-state index in [9.17, 15) is 21.6 Å². The van der Waals surface area contributed by atoms with Crippen molar-refractivity contribution in [1.82, 2.24) is 4.31 Å². The summed E-state index contributed by atoms with van der Waals surface area (Å²) in [7, 11) is -4.32. The van der Waals surface area contributed by atoms with Crippen molar-refractivity contribution in [3.63, 3.8) is 0 Å². The van der Waals surface area contributed by atoms with Crippen molar-refractivity contribution in [3.05, 3.63) is 0 Å². The Labute approximate surface area is 55.6 Å². The maximum atomic E-state index is 11.4. The van der Waals surface area contributed by atoms with Crippen LogP contribution in [0.2, 0.25) is 0 Å². The highest BCUT2D eigenvalue weighted by atomic mass is 32.2. The molecule has 0 aromatic heterocycles. The van der Waals surface area contributed by atoms with Crippen LogP contribution >= 0.6 is 0 Å². The summed E-state index contributed by atoms with van der Waals surface area (Å²) in [6.07, 6.45) is -4.94. The third-order valence-electron chi connectivity index (χ3n) is 0.739. The first-order valence-corrected chi connectivity index (χ1v) is 3.49. The highest BCUT2D eigenvalue weighted by Gasteiger charge is 2.40. The van der Waals surface area contributed by atoms with Gasteiger partial charge in [-0.25, -0.2) is 5.14 Å². The molecular weight excluding hydrogens is 173 g/mol. The zero-order valence-electron chi connectivity index (χ0n) is 4.88. The lowest BCUT2D eigenvalue weighted by atomic mass is 11.1. The van der Waals surface area contributed by atoms with E-state index in [1.807, 2.05) is 0 Å². The van der Waals surface area contributed by atoms with Crippen molar-refractivity contribution in [2.75, 3.05) is 7.05 Å². The molecule has 0 rings (SSSR count). The molecule has 0 radical (unpaired) electrons. The Hall–Kier alpha value is -0.340. The number of rotatable bonds is 1. The molecule has 0 atom stereocenters. The average molecular weight is 178 g/mol. The van der Waals surface area contributed by atoms with Gasteiger partial charge >= 0.3 is 6.30 Å². The fourth-order valence-electron chi connectivity index (χ4n) is 0.144. The van der Waals surface area contributed by atoms with Gasteiger partial charge in [0.1, 0.15) is 0 Å². The number of halogens is 3. The summed E-state index contributed by atoms with van der Waals surface area (Å²) in [5, 5.41) is 4.14. The largest absolute Gasteiger partial charge is 0.474 e. The lowest BCUT2D eigenvalue weighted by molar-refractivity contribution is -0.202. The van der Waals surface area contributed by atoms with Crippen molar-refractivity contribution in [2.24, 2.45) is 5.14 Å². The van der Waals surface area contributed by atoms with E-state index in [-0.39, 0.29) is 0 Å². The van der Waals surface area contributed by atoms with Gasteiger partial charge in [-0.05, 0) is 0 Å². The van der Waals surface area contributed by atoms with Crippen molar-refractivity contribution in [1.29, 1.82) is 0 Å². The van der Waals surface area contributed by atoms with Crippen LogP contribution in [-0.4, -0.2) is 26.1 Å². The molecule has 0 spiro atoms. The van der Waals surface area contributed by atoms with Crippen LogP contribution in [0.1, 0.15) is 0 Å². The molecule has 0 aromatic carbocycles. The summed E-state index contributed by atoms with van der Waals surface area (Å²) >= 11 is 0. The summed E-state index contributed by atoms with van der Waals surface area (Å²) in [6.45, 7) is 0. The Morgan fingerprint density at radius 3 is 1.70 bits per heavy atom. The van der Waals surface area contributed by atoms with Crippen LogP contribution in [0.5, 0.6) is 0 Å². The Bertz CT molecular complexity index is 207. The normalized spacial score (nSPS) is 14.2. The third kappa shape index (κ3) is 2.50. The summed E-state index contributed by atoms with van der Waals surface area (Å²) in [5.41, 5.74) is 0. The van der Waals surface area contributed by atoms with Gasteiger partial charge in [0.2, 0.25) is 0 Å². The molecule has 62 valence electrons. The van der Waals surface area contributed by atoms with E-state index in [1.165, 1.54) is 0 Å². The van der Waals surface area contributed by atoms with Gasteiger partial charge < -0.3 is 0 Å². The van der Waals surface area contributed by atoms with Crippen molar-refractivity contribution >= 4 is 10.2 Å². The van der Waals surface area contributed by atoms with Gasteiger partial charge in [0.25, 0.3) is 10.2 Å². The topological polar surface area (TPSA) is 63.4 Å². The lowest BCUT2D eigenvalue weighted by Crippen LogP contribution is -2.43. The van der Waals surface area contributed by atoms with Crippen LogP contribution < -0.4 is 5.14 Å². The quantitative estimate of drug-likeness (QED) is 0.557. The number of hydrogen-bond donors (Lipinski definition) is 1. The fourth-order valence-corrected chi connectivity index (χ4v) is 0.433. The number of nitrogens with two attached hydrogens (primary N) is 1. The molecular formula is C2H5F3N2O2S. The van der Waals surface area contributed by atoms with Gasteiger partial charge in [0.05, 0.1) is 0 Å². The van der Waals surface area contributed by atoms with Crippen LogP contribution in [0.4, 0.5) is 13.2 Å². The van der Waals surface area contributed by atoms with E-state index >= 15 is 0 Å². The van der Waals surface area contributed by atoms with E-state index in [2.05, 4.69) is 5.14 Å². The fraction of sp³-hybridized carbons (Fsp3) is 1.00. The second-order valence-corrected chi connectivity index (χ2v) is 3.06. The highest BCUT2D eigenvalue weighted by Crippen LogP contribution is 2.20. The smallest absolute Gasteiger partial charge is 0.215 e. The van der Waals surface area contributed by atoms with Crippen LogP contribution in [-0.2, 0) is 10.2 Å². The first-order chi connectivity index (χ1) is 4.15. The van der Waals surface area contributed by atoms with Crippen molar-refractivity contribution in [3.8, 4) is 0 Å². The maximum absolute atomic E-state index is 11.4. The second-order valence-electron chi connectivity index (χ2n) is 1.48. The zero-order chi connectivity index (χ0) is 8.58.